The van der Waals surface area contributed by atoms with Gasteiger partial charge < -0.3 is 15.5 Å². The first-order chi connectivity index (χ1) is 15.9. The highest BCUT2D eigenvalue weighted by Crippen LogP contribution is 2.32. The fourth-order valence-electron chi connectivity index (χ4n) is 4.48. The van der Waals surface area contributed by atoms with Crippen molar-refractivity contribution in [1.82, 2.24) is 9.88 Å². The number of benzene rings is 1. The predicted molar refractivity (Wildman–Crippen MR) is 129 cm³/mol. The zero-order valence-corrected chi connectivity index (χ0v) is 19.7. The molecule has 1 saturated carbocycles. The lowest BCUT2D eigenvalue weighted by molar-refractivity contribution is -0.136. The fourth-order valence-corrected chi connectivity index (χ4v) is 4.76. The van der Waals surface area contributed by atoms with E-state index < -0.39 is 5.91 Å². The van der Waals surface area contributed by atoms with Gasteiger partial charge in [-0.05, 0) is 68.9 Å². The molecule has 0 spiro atoms. The van der Waals surface area contributed by atoms with Crippen molar-refractivity contribution in [1.29, 1.82) is 0 Å². The van der Waals surface area contributed by atoms with E-state index in [1.807, 2.05) is 4.90 Å². The van der Waals surface area contributed by atoms with Crippen LogP contribution in [0.25, 0.3) is 0 Å². The van der Waals surface area contributed by atoms with Crippen molar-refractivity contribution in [2.24, 2.45) is 11.8 Å². The molecule has 0 radical (unpaired) electrons. The predicted octanol–water partition coefficient (Wildman–Crippen LogP) is 5.01. The van der Waals surface area contributed by atoms with Gasteiger partial charge in [-0.2, -0.15) is 0 Å². The number of amides is 3. The normalized spacial score (nSPS) is 20.4. The zero-order valence-electron chi connectivity index (χ0n) is 18.2. The molecule has 1 aromatic heterocycles. The number of aromatic nitrogens is 1. The molecular formula is C24H26Cl2N4O3. The van der Waals surface area contributed by atoms with Crippen LogP contribution >= 0.6 is 23.2 Å². The minimum atomic E-state index is -0.442. The zero-order chi connectivity index (χ0) is 23.4. The molecule has 9 heteroatoms. The summed E-state index contributed by atoms with van der Waals surface area (Å²) in [5.41, 5.74) is 0.622. The molecule has 3 amide bonds. The number of carbonyl (C=O) groups is 3. The first-order valence-electron chi connectivity index (χ1n) is 11.2. The van der Waals surface area contributed by atoms with Gasteiger partial charge in [0.15, 0.2) is 0 Å². The van der Waals surface area contributed by atoms with Gasteiger partial charge in [0, 0.05) is 36.1 Å². The maximum atomic E-state index is 13.0. The summed E-state index contributed by atoms with van der Waals surface area (Å²) in [5.74, 6) is -0.208. The molecule has 7 nitrogen and oxygen atoms in total. The lowest BCUT2D eigenvalue weighted by atomic mass is 9.81. The number of hydrogen-bond acceptors (Lipinski definition) is 4. The average Bonchev–Trinajstić information content (AvgIpc) is 3.36. The number of carbonyl (C=O) groups excluding carboxylic acids is 3. The van der Waals surface area contributed by atoms with E-state index >= 15 is 0 Å². The van der Waals surface area contributed by atoms with Gasteiger partial charge in [0.25, 0.3) is 5.91 Å². The van der Waals surface area contributed by atoms with Crippen molar-refractivity contribution in [3.63, 3.8) is 0 Å². The molecule has 2 heterocycles. The summed E-state index contributed by atoms with van der Waals surface area (Å²) in [4.78, 5) is 44.5. The van der Waals surface area contributed by atoms with Gasteiger partial charge in [-0.1, -0.05) is 23.2 Å². The minimum Gasteiger partial charge on any atom is -0.342 e. The summed E-state index contributed by atoms with van der Waals surface area (Å²) in [5, 5.41) is 6.41. The summed E-state index contributed by atoms with van der Waals surface area (Å²) in [7, 11) is 0. The summed E-state index contributed by atoms with van der Waals surface area (Å²) < 4.78 is 0. The highest BCUT2D eigenvalue weighted by atomic mass is 35.5. The molecule has 4 rings (SSSR count). The third-order valence-electron chi connectivity index (χ3n) is 6.32. The van der Waals surface area contributed by atoms with Gasteiger partial charge >= 0.3 is 0 Å². The van der Waals surface area contributed by atoms with Crippen LogP contribution < -0.4 is 10.6 Å². The number of anilines is 2. The molecule has 0 bridgehead atoms. The van der Waals surface area contributed by atoms with E-state index in [2.05, 4.69) is 15.6 Å². The largest absolute Gasteiger partial charge is 0.342 e. The number of nitrogens with zero attached hydrogens (tertiary/aromatic N) is 2. The van der Waals surface area contributed by atoms with E-state index in [-0.39, 0.29) is 29.2 Å². The van der Waals surface area contributed by atoms with E-state index in [0.717, 1.165) is 25.9 Å². The second-order valence-corrected chi connectivity index (χ2v) is 9.45. The molecule has 0 atom stereocenters. The maximum absolute atomic E-state index is 13.0. The van der Waals surface area contributed by atoms with Gasteiger partial charge in [-0.25, -0.2) is 4.98 Å². The van der Waals surface area contributed by atoms with Crippen LogP contribution in [0, 0.1) is 11.8 Å². The Labute approximate surface area is 202 Å². The number of halogens is 2. The average molecular weight is 489 g/mol. The van der Waals surface area contributed by atoms with E-state index in [1.54, 1.807) is 24.3 Å². The van der Waals surface area contributed by atoms with Crippen LogP contribution in [-0.2, 0) is 9.59 Å². The number of rotatable bonds is 5. The molecule has 174 valence electrons. The van der Waals surface area contributed by atoms with Crippen molar-refractivity contribution in [3.8, 4) is 0 Å². The maximum Gasteiger partial charge on any atom is 0.258 e. The van der Waals surface area contributed by atoms with E-state index in [9.17, 15) is 14.4 Å². The topological polar surface area (TPSA) is 91.4 Å². The molecule has 1 saturated heterocycles. The first-order valence-corrected chi connectivity index (χ1v) is 12.0. The van der Waals surface area contributed by atoms with Crippen LogP contribution in [0.4, 0.5) is 11.5 Å². The summed E-state index contributed by atoms with van der Waals surface area (Å²) >= 11 is 11.9. The van der Waals surface area contributed by atoms with Crippen LogP contribution in [0.2, 0.25) is 10.0 Å². The summed E-state index contributed by atoms with van der Waals surface area (Å²) in [6.45, 7) is 1.71. The van der Waals surface area contributed by atoms with Crippen molar-refractivity contribution in [2.75, 3.05) is 23.7 Å². The van der Waals surface area contributed by atoms with Crippen molar-refractivity contribution in [3.05, 3.63) is 52.1 Å². The number of hydrogen-bond donors (Lipinski definition) is 2. The number of pyridine rings is 1. The smallest absolute Gasteiger partial charge is 0.258 e. The Kier molecular flexibility index (Phi) is 7.50. The quantitative estimate of drug-likeness (QED) is 0.618. The van der Waals surface area contributed by atoms with Crippen LogP contribution in [0.1, 0.15) is 48.9 Å². The first kappa shape index (κ1) is 23.5. The molecule has 0 unspecified atom stereocenters. The molecule has 2 aliphatic rings. The third kappa shape index (κ3) is 5.84. The Balaban J connectivity index is 1.38. The molecular weight excluding hydrogens is 463 g/mol. The van der Waals surface area contributed by atoms with Gasteiger partial charge in [-0.3, -0.25) is 14.4 Å². The van der Waals surface area contributed by atoms with Crippen LogP contribution in [0.15, 0.2) is 36.5 Å². The number of likely N-dealkylation sites (tertiary alicyclic amines) is 1. The Hall–Kier alpha value is -2.64. The number of nitrogens with one attached hydrogen (secondary N) is 2. The highest BCUT2D eigenvalue weighted by Gasteiger charge is 2.33. The Morgan fingerprint density at radius 2 is 1.55 bits per heavy atom. The Bertz CT molecular complexity index is 1030. The van der Waals surface area contributed by atoms with Crippen LogP contribution in [0.3, 0.4) is 0 Å². The summed E-state index contributed by atoms with van der Waals surface area (Å²) in [6, 6.07) is 7.96. The minimum absolute atomic E-state index is 0.0101. The summed E-state index contributed by atoms with van der Waals surface area (Å²) in [6.07, 6.45) is 6.32. The van der Waals surface area contributed by atoms with Crippen molar-refractivity contribution in [2.45, 2.75) is 38.5 Å². The van der Waals surface area contributed by atoms with Crippen LogP contribution in [0.5, 0.6) is 0 Å². The van der Waals surface area contributed by atoms with Gasteiger partial charge in [-0.15, -0.1) is 0 Å². The van der Waals surface area contributed by atoms with Gasteiger partial charge in [0.1, 0.15) is 5.82 Å². The van der Waals surface area contributed by atoms with Crippen molar-refractivity contribution < 1.29 is 14.4 Å². The Morgan fingerprint density at radius 3 is 2.21 bits per heavy atom. The van der Waals surface area contributed by atoms with Crippen LogP contribution in [-0.4, -0.2) is 40.7 Å². The second-order valence-electron chi connectivity index (χ2n) is 8.58. The van der Waals surface area contributed by atoms with E-state index in [0.29, 0.717) is 47.2 Å². The molecule has 1 aliphatic heterocycles. The van der Waals surface area contributed by atoms with E-state index in [4.69, 9.17) is 23.2 Å². The van der Waals surface area contributed by atoms with Gasteiger partial charge in [0.05, 0.1) is 16.3 Å². The van der Waals surface area contributed by atoms with E-state index in [1.165, 1.54) is 12.3 Å². The second kappa shape index (κ2) is 10.5. The molecule has 2 N–H and O–H groups in total. The van der Waals surface area contributed by atoms with Gasteiger partial charge in [0.2, 0.25) is 11.8 Å². The molecule has 2 aromatic rings. The highest BCUT2D eigenvalue weighted by molar-refractivity contribution is 6.31. The SMILES string of the molecule is O=C(Nc1ccc(Cl)cn1)c1cc(Cl)ccc1NC(=O)[C@H]1CC[C@H](C(=O)N2CCCC2)CC1. The lowest BCUT2D eigenvalue weighted by Crippen LogP contribution is -2.37. The molecule has 33 heavy (non-hydrogen) atoms. The van der Waals surface area contributed by atoms with Crippen molar-refractivity contribution >= 4 is 52.4 Å². The Morgan fingerprint density at radius 1 is 0.879 bits per heavy atom. The molecule has 1 aromatic carbocycles. The monoisotopic (exact) mass is 488 g/mol. The molecule has 2 fully saturated rings. The fraction of sp³-hybridized carbons (Fsp3) is 0.417. The standard InChI is InChI=1S/C24H26Cl2N4O3/c25-17-7-9-20(19(13-17)23(32)29-21-10-8-18(26)14-27-21)28-22(31)15-3-5-16(6-4-15)24(33)30-11-1-2-12-30/h7-10,13-16H,1-6,11-12H2,(H,28,31)(H,27,29,32)/t15-,16-. The third-order valence-corrected chi connectivity index (χ3v) is 6.78. The molecule has 1 aliphatic carbocycles. The lowest BCUT2D eigenvalue weighted by Gasteiger charge is -2.30.